The maximum Gasteiger partial charge on any atom is 0.179 e. The molecule has 0 aliphatic carbocycles. The highest BCUT2D eigenvalue weighted by atomic mass is 16.5. The second kappa shape index (κ2) is 5.16. The summed E-state index contributed by atoms with van der Waals surface area (Å²) in [5, 5.41) is 3.35. The Kier molecular flexibility index (Phi) is 3.62. The van der Waals surface area contributed by atoms with Gasteiger partial charge in [-0.1, -0.05) is 0 Å². The van der Waals surface area contributed by atoms with Gasteiger partial charge in [-0.2, -0.15) is 0 Å². The first-order valence-corrected chi connectivity index (χ1v) is 5.63. The molecule has 1 aliphatic heterocycles. The summed E-state index contributed by atoms with van der Waals surface area (Å²) in [6.07, 6.45) is 4.03. The highest BCUT2D eigenvalue weighted by Gasteiger charge is 2.18. The maximum absolute atomic E-state index is 5.29. The number of ether oxygens (including phenoxy) is 2. The summed E-state index contributed by atoms with van der Waals surface area (Å²) < 4.78 is 10.5. The zero-order valence-electron chi connectivity index (χ0n) is 9.82. The van der Waals surface area contributed by atoms with Gasteiger partial charge in [0, 0.05) is 17.7 Å². The molecule has 1 saturated heterocycles. The second-order valence-electron chi connectivity index (χ2n) is 3.99. The van der Waals surface area contributed by atoms with Crippen LogP contribution in [0.2, 0.25) is 0 Å². The molecule has 0 amide bonds. The standard InChI is InChI=1S/C12H18N2O2/c1-15-11-7-10(14-8-12(11)16-2)9-3-5-13-6-4-9/h7-9,13H,3-6H2,1-2H3. The van der Waals surface area contributed by atoms with E-state index in [0.717, 1.165) is 37.4 Å². The fourth-order valence-electron chi connectivity index (χ4n) is 2.09. The number of nitrogens with zero attached hydrogens (tertiary/aromatic N) is 1. The number of rotatable bonds is 3. The van der Waals surface area contributed by atoms with E-state index in [1.165, 1.54) is 0 Å². The van der Waals surface area contributed by atoms with Crippen LogP contribution in [-0.4, -0.2) is 32.3 Å². The normalized spacial score (nSPS) is 17.1. The maximum atomic E-state index is 5.29. The summed E-state index contributed by atoms with van der Waals surface area (Å²) in [6.45, 7) is 2.14. The minimum Gasteiger partial charge on any atom is -0.493 e. The number of hydrogen-bond acceptors (Lipinski definition) is 4. The van der Waals surface area contributed by atoms with E-state index in [1.54, 1.807) is 20.4 Å². The summed E-state index contributed by atoms with van der Waals surface area (Å²) in [6, 6.07) is 1.99. The van der Waals surface area contributed by atoms with Gasteiger partial charge >= 0.3 is 0 Å². The van der Waals surface area contributed by atoms with Crippen LogP contribution in [0.1, 0.15) is 24.5 Å². The molecule has 1 aliphatic rings. The van der Waals surface area contributed by atoms with Crippen LogP contribution in [0.5, 0.6) is 11.5 Å². The van der Waals surface area contributed by atoms with Gasteiger partial charge in [0.05, 0.1) is 20.4 Å². The smallest absolute Gasteiger partial charge is 0.179 e. The van der Waals surface area contributed by atoms with Crippen molar-refractivity contribution in [1.29, 1.82) is 0 Å². The molecule has 0 atom stereocenters. The fraction of sp³-hybridized carbons (Fsp3) is 0.583. The number of methoxy groups -OCH3 is 2. The van der Waals surface area contributed by atoms with Crippen LogP contribution in [0.15, 0.2) is 12.3 Å². The minimum absolute atomic E-state index is 0.543. The lowest BCUT2D eigenvalue weighted by atomic mass is 9.94. The number of nitrogens with one attached hydrogen (secondary N) is 1. The zero-order chi connectivity index (χ0) is 11.4. The van der Waals surface area contributed by atoms with Gasteiger partial charge in [0.15, 0.2) is 11.5 Å². The van der Waals surface area contributed by atoms with Gasteiger partial charge in [-0.25, -0.2) is 0 Å². The van der Waals surface area contributed by atoms with E-state index in [-0.39, 0.29) is 0 Å². The molecule has 0 bridgehead atoms. The van der Waals surface area contributed by atoms with Crippen molar-refractivity contribution in [3.05, 3.63) is 18.0 Å². The van der Waals surface area contributed by atoms with Crippen molar-refractivity contribution in [1.82, 2.24) is 10.3 Å². The lowest BCUT2D eigenvalue weighted by Crippen LogP contribution is -2.27. The van der Waals surface area contributed by atoms with Crippen LogP contribution < -0.4 is 14.8 Å². The van der Waals surface area contributed by atoms with E-state index in [4.69, 9.17) is 9.47 Å². The molecule has 0 aromatic carbocycles. The Labute approximate surface area is 96.0 Å². The van der Waals surface area contributed by atoms with Gasteiger partial charge in [-0.3, -0.25) is 4.98 Å². The van der Waals surface area contributed by atoms with Gasteiger partial charge in [0.25, 0.3) is 0 Å². The van der Waals surface area contributed by atoms with E-state index in [0.29, 0.717) is 11.7 Å². The van der Waals surface area contributed by atoms with Crippen LogP contribution >= 0.6 is 0 Å². The third kappa shape index (κ3) is 2.27. The van der Waals surface area contributed by atoms with Crippen LogP contribution in [0, 0.1) is 0 Å². The van der Waals surface area contributed by atoms with Crippen molar-refractivity contribution >= 4 is 0 Å². The summed E-state index contributed by atoms with van der Waals surface area (Å²) in [4.78, 5) is 4.45. The molecule has 1 fully saturated rings. The van der Waals surface area contributed by atoms with Crippen molar-refractivity contribution in [2.24, 2.45) is 0 Å². The van der Waals surface area contributed by atoms with Gasteiger partial charge in [-0.05, 0) is 25.9 Å². The van der Waals surface area contributed by atoms with Crippen molar-refractivity contribution in [2.45, 2.75) is 18.8 Å². The SMILES string of the molecule is COc1cnc(C2CCNCC2)cc1OC. The molecular weight excluding hydrogens is 204 g/mol. The van der Waals surface area contributed by atoms with Crippen molar-refractivity contribution in [2.75, 3.05) is 27.3 Å². The lowest BCUT2D eigenvalue weighted by molar-refractivity contribution is 0.351. The van der Waals surface area contributed by atoms with Crippen LogP contribution in [0.4, 0.5) is 0 Å². The van der Waals surface area contributed by atoms with Crippen molar-refractivity contribution in [3.63, 3.8) is 0 Å². The predicted octanol–water partition coefficient (Wildman–Crippen LogP) is 1.57. The number of piperidine rings is 1. The van der Waals surface area contributed by atoms with E-state index in [2.05, 4.69) is 10.3 Å². The Balaban J connectivity index is 2.20. The summed E-state index contributed by atoms with van der Waals surface area (Å²) in [5.41, 5.74) is 1.11. The first kappa shape index (κ1) is 11.2. The third-order valence-corrected chi connectivity index (χ3v) is 3.05. The largest absolute Gasteiger partial charge is 0.493 e. The molecule has 1 aromatic rings. The first-order chi connectivity index (χ1) is 7.85. The third-order valence-electron chi connectivity index (χ3n) is 3.05. The molecule has 2 heterocycles. The summed E-state index contributed by atoms with van der Waals surface area (Å²) in [5.74, 6) is 2.01. The molecule has 0 radical (unpaired) electrons. The molecular formula is C12H18N2O2. The molecule has 4 heteroatoms. The number of aromatic nitrogens is 1. The summed E-state index contributed by atoms with van der Waals surface area (Å²) in [7, 11) is 3.29. The van der Waals surface area contributed by atoms with E-state index in [9.17, 15) is 0 Å². The van der Waals surface area contributed by atoms with Gasteiger partial charge in [-0.15, -0.1) is 0 Å². The fourth-order valence-corrected chi connectivity index (χ4v) is 2.09. The van der Waals surface area contributed by atoms with E-state index < -0.39 is 0 Å². The Morgan fingerprint density at radius 2 is 1.88 bits per heavy atom. The molecule has 0 unspecified atom stereocenters. The molecule has 88 valence electrons. The van der Waals surface area contributed by atoms with Crippen molar-refractivity contribution in [3.8, 4) is 11.5 Å². The quantitative estimate of drug-likeness (QED) is 0.843. The Hall–Kier alpha value is -1.29. The van der Waals surface area contributed by atoms with E-state index >= 15 is 0 Å². The van der Waals surface area contributed by atoms with Gasteiger partial charge < -0.3 is 14.8 Å². The number of hydrogen-bond donors (Lipinski definition) is 1. The Morgan fingerprint density at radius 3 is 2.50 bits per heavy atom. The highest BCUT2D eigenvalue weighted by Crippen LogP contribution is 2.31. The topological polar surface area (TPSA) is 43.4 Å². The molecule has 1 aromatic heterocycles. The number of pyridine rings is 1. The Morgan fingerprint density at radius 1 is 1.19 bits per heavy atom. The van der Waals surface area contributed by atoms with Crippen LogP contribution in [-0.2, 0) is 0 Å². The monoisotopic (exact) mass is 222 g/mol. The second-order valence-corrected chi connectivity index (χ2v) is 3.99. The summed E-state index contributed by atoms with van der Waals surface area (Å²) >= 11 is 0. The van der Waals surface area contributed by atoms with Crippen LogP contribution in [0.25, 0.3) is 0 Å². The average molecular weight is 222 g/mol. The van der Waals surface area contributed by atoms with Gasteiger partial charge in [0.1, 0.15) is 0 Å². The molecule has 4 nitrogen and oxygen atoms in total. The van der Waals surface area contributed by atoms with Gasteiger partial charge in [0.2, 0.25) is 0 Å². The average Bonchev–Trinajstić information content (AvgIpc) is 2.39. The Bertz CT molecular complexity index is 349. The van der Waals surface area contributed by atoms with Crippen LogP contribution in [0.3, 0.4) is 0 Å². The zero-order valence-corrected chi connectivity index (χ0v) is 9.82. The first-order valence-electron chi connectivity index (χ1n) is 5.63. The van der Waals surface area contributed by atoms with Crippen molar-refractivity contribution < 1.29 is 9.47 Å². The molecule has 0 saturated carbocycles. The molecule has 16 heavy (non-hydrogen) atoms. The predicted molar refractivity (Wildman–Crippen MR) is 62.2 cm³/mol. The molecule has 2 rings (SSSR count). The van der Waals surface area contributed by atoms with E-state index in [1.807, 2.05) is 6.07 Å². The highest BCUT2D eigenvalue weighted by molar-refractivity contribution is 5.39. The lowest BCUT2D eigenvalue weighted by Gasteiger charge is -2.22. The minimum atomic E-state index is 0.543. The molecule has 1 N–H and O–H groups in total. The molecule has 0 spiro atoms.